The summed E-state index contributed by atoms with van der Waals surface area (Å²) in [6.45, 7) is 4.62. The van der Waals surface area contributed by atoms with E-state index < -0.39 is 0 Å². The van der Waals surface area contributed by atoms with Crippen LogP contribution in [0.3, 0.4) is 0 Å². The third kappa shape index (κ3) is 7.98. The van der Waals surface area contributed by atoms with E-state index in [1.165, 1.54) is 18.4 Å². The quantitative estimate of drug-likeness (QED) is 0.483. The fraction of sp³-hybridized carbons (Fsp3) is 0.833. The van der Waals surface area contributed by atoms with Crippen molar-refractivity contribution in [1.82, 2.24) is 4.72 Å². The van der Waals surface area contributed by atoms with Crippen LogP contribution in [0.25, 0.3) is 0 Å². The van der Waals surface area contributed by atoms with Crippen molar-refractivity contribution in [2.45, 2.75) is 26.7 Å². The molecule has 2 nitrogen and oxygen atoms in total. The Labute approximate surface area is 60.5 Å². The third-order valence-electron chi connectivity index (χ3n) is 0.848. The van der Waals surface area contributed by atoms with E-state index in [1.54, 1.807) is 6.92 Å². The minimum absolute atomic E-state index is 0.131. The second-order valence-corrected chi connectivity index (χ2v) is 2.91. The smallest absolute Gasteiger partial charge is 0.200 e. The van der Waals surface area contributed by atoms with Crippen LogP contribution in [0, 0.1) is 0 Å². The van der Waals surface area contributed by atoms with Gasteiger partial charge in [0, 0.05) is 13.5 Å². The number of carbonyl (C=O) groups excluding carboxylic acids is 1. The van der Waals surface area contributed by atoms with E-state index in [0.717, 1.165) is 13.0 Å². The summed E-state index contributed by atoms with van der Waals surface area (Å²) in [6, 6.07) is 0. The normalized spacial score (nSPS) is 9.56. The van der Waals surface area contributed by atoms with Crippen LogP contribution in [0.2, 0.25) is 0 Å². The summed E-state index contributed by atoms with van der Waals surface area (Å²) in [6.07, 6.45) is 2.31. The monoisotopic (exact) mass is 147 g/mol. The first-order valence-corrected chi connectivity index (χ1v) is 3.99. The molecule has 0 atom stereocenters. The van der Waals surface area contributed by atoms with Gasteiger partial charge in [-0.1, -0.05) is 13.3 Å². The van der Waals surface area contributed by atoms with Crippen molar-refractivity contribution in [2.75, 3.05) is 6.54 Å². The summed E-state index contributed by atoms with van der Waals surface area (Å²) in [5.41, 5.74) is 0. The van der Waals surface area contributed by atoms with E-state index in [2.05, 4.69) is 11.6 Å². The number of unbranched alkanes of at least 4 members (excludes halogenated alkanes) is 1. The molecule has 0 aliphatic rings. The maximum atomic E-state index is 10.3. The SMILES string of the molecule is CCCCNSC(C)=O. The molecule has 0 aromatic rings. The molecule has 0 aromatic heterocycles. The van der Waals surface area contributed by atoms with E-state index in [1.807, 2.05) is 0 Å². The first-order valence-electron chi connectivity index (χ1n) is 3.17. The van der Waals surface area contributed by atoms with Crippen molar-refractivity contribution >= 4 is 17.1 Å². The van der Waals surface area contributed by atoms with Gasteiger partial charge in [-0.3, -0.25) is 9.52 Å². The Balaban J connectivity index is 2.83. The van der Waals surface area contributed by atoms with E-state index in [0.29, 0.717) is 0 Å². The Morgan fingerprint density at radius 1 is 1.67 bits per heavy atom. The highest BCUT2D eigenvalue weighted by Crippen LogP contribution is 1.94. The van der Waals surface area contributed by atoms with Crippen LogP contribution in [0.4, 0.5) is 0 Å². The summed E-state index contributed by atoms with van der Waals surface area (Å²) in [7, 11) is 0. The minimum Gasteiger partial charge on any atom is -0.286 e. The average Bonchev–Trinajstić information content (AvgIpc) is 1.80. The minimum atomic E-state index is 0.131. The van der Waals surface area contributed by atoms with Crippen molar-refractivity contribution in [2.24, 2.45) is 0 Å². The van der Waals surface area contributed by atoms with Crippen molar-refractivity contribution in [3.8, 4) is 0 Å². The molecule has 9 heavy (non-hydrogen) atoms. The van der Waals surface area contributed by atoms with Crippen LogP contribution in [-0.2, 0) is 4.79 Å². The molecule has 0 spiro atoms. The zero-order valence-electron chi connectivity index (χ0n) is 5.94. The Bertz CT molecular complexity index is 85.1. The van der Waals surface area contributed by atoms with Crippen LogP contribution in [-0.4, -0.2) is 11.7 Å². The molecule has 0 radical (unpaired) electrons. The Morgan fingerprint density at radius 2 is 2.33 bits per heavy atom. The average molecular weight is 147 g/mol. The van der Waals surface area contributed by atoms with Crippen molar-refractivity contribution < 1.29 is 4.79 Å². The van der Waals surface area contributed by atoms with Gasteiger partial charge in [-0.15, -0.1) is 0 Å². The van der Waals surface area contributed by atoms with E-state index >= 15 is 0 Å². The molecule has 0 aliphatic heterocycles. The summed E-state index contributed by atoms with van der Waals surface area (Å²) < 4.78 is 2.95. The highest BCUT2D eigenvalue weighted by Gasteiger charge is 1.90. The third-order valence-corrected chi connectivity index (χ3v) is 1.48. The molecular formula is C6H13NOS. The van der Waals surface area contributed by atoms with E-state index in [-0.39, 0.29) is 5.12 Å². The van der Waals surface area contributed by atoms with Crippen LogP contribution in [0.15, 0.2) is 0 Å². The van der Waals surface area contributed by atoms with Gasteiger partial charge in [0.05, 0.1) is 0 Å². The first-order chi connectivity index (χ1) is 4.27. The second kappa shape index (κ2) is 6.11. The highest BCUT2D eigenvalue weighted by molar-refractivity contribution is 8.11. The van der Waals surface area contributed by atoms with Crippen molar-refractivity contribution in [3.63, 3.8) is 0 Å². The fourth-order valence-corrected chi connectivity index (χ4v) is 0.851. The molecule has 0 bridgehead atoms. The summed E-state index contributed by atoms with van der Waals surface area (Å²) in [4.78, 5) is 10.3. The topological polar surface area (TPSA) is 29.1 Å². The molecule has 0 saturated carbocycles. The standard InChI is InChI=1S/C6H13NOS/c1-3-4-5-7-9-6(2)8/h7H,3-5H2,1-2H3. The number of hydrogen-bond acceptors (Lipinski definition) is 3. The summed E-state index contributed by atoms with van der Waals surface area (Å²) >= 11 is 1.18. The number of hydrogen-bond donors (Lipinski definition) is 1. The molecule has 1 N–H and O–H groups in total. The lowest BCUT2D eigenvalue weighted by atomic mass is 10.3. The van der Waals surface area contributed by atoms with Gasteiger partial charge >= 0.3 is 0 Å². The first kappa shape index (κ1) is 8.98. The van der Waals surface area contributed by atoms with Gasteiger partial charge in [-0.05, 0) is 18.4 Å². The van der Waals surface area contributed by atoms with Gasteiger partial charge in [-0.2, -0.15) is 0 Å². The molecule has 0 amide bonds. The molecule has 0 unspecified atom stereocenters. The van der Waals surface area contributed by atoms with Crippen LogP contribution < -0.4 is 4.72 Å². The predicted octanol–water partition coefficient (Wildman–Crippen LogP) is 1.57. The molecule has 54 valence electrons. The van der Waals surface area contributed by atoms with Crippen LogP contribution >= 0.6 is 11.9 Å². The maximum absolute atomic E-state index is 10.3. The van der Waals surface area contributed by atoms with Crippen molar-refractivity contribution in [3.05, 3.63) is 0 Å². The lowest BCUT2D eigenvalue weighted by molar-refractivity contribution is -0.109. The lowest BCUT2D eigenvalue weighted by Crippen LogP contribution is -2.07. The van der Waals surface area contributed by atoms with Gasteiger partial charge in [0.25, 0.3) is 0 Å². The highest BCUT2D eigenvalue weighted by atomic mass is 32.2. The van der Waals surface area contributed by atoms with E-state index in [9.17, 15) is 4.79 Å². The molecule has 0 heterocycles. The van der Waals surface area contributed by atoms with Crippen LogP contribution in [0.5, 0.6) is 0 Å². The Morgan fingerprint density at radius 3 is 2.78 bits per heavy atom. The zero-order valence-corrected chi connectivity index (χ0v) is 6.75. The molecule has 0 aromatic carbocycles. The Kier molecular flexibility index (Phi) is 6.09. The van der Waals surface area contributed by atoms with Gasteiger partial charge < -0.3 is 0 Å². The molecule has 0 aliphatic carbocycles. The molecular weight excluding hydrogens is 134 g/mol. The van der Waals surface area contributed by atoms with Gasteiger partial charge in [0.15, 0.2) is 0 Å². The number of nitrogens with one attached hydrogen (secondary N) is 1. The molecule has 0 saturated heterocycles. The zero-order chi connectivity index (χ0) is 7.11. The lowest BCUT2D eigenvalue weighted by Gasteiger charge is -1.96. The molecule has 3 heteroatoms. The van der Waals surface area contributed by atoms with Gasteiger partial charge in [0.2, 0.25) is 5.12 Å². The van der Waals surface area contributed by atoms with Gasteiger partial charge in [0.1, 0.15) is 0 Å². The molecule has 0 rings (SSSR count). The summed E-state index contributed by atoms with van der Waals surface area (Å²) in [5, 5.41) is 0.131. The number of carbonyl (C=O) groups is 1. The maximum Gasteiger partial charge on any atom is 0.200 e. The largest absolute Gasteiger partial charge is 0.286 e. The Hall–Kier alpha value is -0.0200. The predicted molar refractivity (Wildman–Crippen MR) is 41.2 cm³/mol. The fourth-order valence-electron chi connectivity index (χ4n) is 0.402. The van der Waals surface area contributed by atoms with E-state index in [4.69, 9.17) is 0 Å². The number of rotatable bonds is 4. The second-order valence-electron chi connectivity index (χ2n) is 1.84. The van der Waals surface area contributed by atoms with Crippen molar-refractivity contribution in [1.29, 1.82) is 0 Å². The molecule has 0 fully saturated rings. The summed E-state index contributed by atoms with van der Waals surface area (Å²) in [5.74, 6) is 0. The van der Waals surface area contributed by atoms with Crippen LogP contribution in [0.1, 0.15) is 26.7 Å². The van der Waals surface area contributed by atoms with Gasteiger partial charge in [-0.25, -0.2) is 0 Å².